The molecule has 3 heteroatoms. The normalized spacial score (nSPS) is 15.8. The van der Waals surface area contributed by atoms with Crippen LogP contribution in [0.5, 0.6) is 11.5 Å². The lowest BCUT2D eigenvalue weighted by Crippen LogP contribution is -2.15. The molecule has 0 aromatic heterocycles. The minimum Gasteiger partial charge on any atom is -0.486 e. The fraction of sp³-hybridized carbons (Fsp3) is 0.600. The van der Waals surface area contributed by atoms with Crippen molar-refractivity contribution >= 4 is 0 Å². The number of fused-ring (bicyclic) bond motifs is 1. The quantitative estimate of drug-likeness (QED) is 0.871. The zero-order valence-corrected chi connectivity index (χ0v) is 11.2. The van der Waals surface area contributed by atoms with Crippen LogP contribution >= 0.6 is 0 Å². The van der Waals surface area contributed by atoms with Crippen LogP contribution < -0.4 is 9.47 Å². The first kappa shape index (κ1) is 13.2. The average Bonchev–Trinajstić information content (AvgIpc) is 2.37. The summed E-state index contributed by atoms with van der Waals surface area (Å²) in [6.45, 7) is 5.59. The molecular formula is C15H22O3. The molecule has 0 spiro atoms. The van der Waals surface area contributed by atoms with E-state index in [2.05, 4.69) is 13.8 Å². The van der Waals surface area contributed by atoms with Gasteiger partial charge in [-0.2, -0.15) is 0 Å². The van der Waals surface area contributed by atoms with Crippen molar-refractivity contribution in [1.82, 2.24) is 0 Å². The molecule has 2 rings (SSSR count). The lowest BCUT2D eigenvalue weighted by atomic mass is 10.00. The second-order valence-electron chi connectivity index (χ2n) is 5.24. The number of hydrogen-bond donors (Lipinski definition) is 1. The molecule has 3 nitrogen and oxygen atoms in total. The van der Waals surface area contributed by atoms with Crippen LogP contribution in [-0.2, 0) is 0 Å². The third kappa shape index (κ3) is 3.39. The minimum atomic E-state index is -0.403. The molecule has 18 heavy (non-hydrogen) atoms. The van der Waals surface area contributed by atoms with Crippen LogP contribution in [0.25, 0.3) is 0 Å². The molecule has 0 fully saturated rings. The fourth-order valence-electron chi connectivity index (χ4n) is 2.15. The Bertz CT molecular complexity index is 387. The smallest absolute Gasteiger partial charge is 0.161 e. The van der Waals surface area contributed by atoms with Crippen LogP contribution in [-0.4, -0.2) is 18.3 Å². The van der Waals surface area contributed by atoms with Gasteiger partial charge in [-0.3, -0.25) is 0 Å². The van der Waals surface area contributed by atoms with Crippen molar-refractivity contribution in [2.45, 2.75) is 39.2 Å². The summed E-state index contributed by atoms with van der Waals surface area (Å²) < 4.78 is 11.0. The summed E-state index contributed by atoms with van der Waals surface area (Å²) in [6.07, 6.45) is 2.60. The van der Waals surface area contributed by atoms with Gasteiger partial charge in [-0.25, -0.2) is 0 Å². The van der Waals surface area contributed by atoms with E-state index in [9.17, 15) is 5.11 Å². The molecule has 0 amide bonds. The highest BCUT2D eigenvalue weighted by molar-refractivity contribution is 5.44. The van der Waals surface area contributed by atoms with Gasteiger partial charge in [0.15, 0.2) is 11.5 Å². The molecule has 0 bridgehead atoms. The average molecular weight is 250 g/mol. The molecule has 1 N–H and O–H groups in total. The van der Waals surface area contributed by atoms with Crippen LogP contribution in [0.4, 0.5) is 0 Å². The number of aliphatic hydroxyl groups is 1. The molecular weight excluding hydrogens is 228 g/mol. The third-order valence-electron chi connectivity index (χ3n) is 3.21. The summed E-state index contributed by atoms with van der Waals surface area (Å²) in [5, 5.41) is 10.1. The monoisotopic (exact) mass is 250 g/mol. The molecule has 1 heterocycles. The van der Waals surface area contributed by atoms with Gasteiger partial charge in [-0.15, -0.1) is 0 Å². The van der Waals surface area contributed by atoms with Gasteiger partial charge in [0.2, 0.25) is 0 Å². The van der Waals surface area contributed by atoms with Crippen molar-refractivity contribution in [3.63, 3.8) is 0 Å². The van der Waals surface area contributed by atoms with E-state index in [0.29, 0.717) is 19.1 Å². The molecule has 100 valence electrons. The maximum absolute atomic E-state index is 10.1. The number of aliphatic hydroxyl groups excluding tert-OH is 1. The van der Waals surface area contributed by atoms with Gasteiger partial charge in [0.25, 0.3) is 0 Å². The largest absolute Gasteiger partial charge is 0.486 e. The van der Waals surface area contributed by atoms with Crippen LogP contribution in [0.1, 0.15) is 44.8 Å². The lowest BCUT2D eigenvalue weighted by molar-refractivity contribution is 0.156. The maximum atomic E-state index is 10.1. The number of benzene rings is 1. The lowest BCUT2D eigenvalue weighted by Gasteiger charge is -2.20. The number of hydrogen-bond acceptors (Lipinski definition) is 3. The summed E-state index contributed by atoms with van der Waals surface area (Å²) in [7, 11) is 0. The molecule has 0 saturated heterocycles. The Kier molecular flexibility index (Phi) is 4.48. The summed E-state index contributed by atoms with van der Waals surface area (Å²) in [6, 6.07) is 5.71. The van der Waals surface area contributed by atoms with E-state index >= 15 is 0 Å². The van der Waals surface area contributed by atoms with Crippen LogP contribution in [0.3, 0.4) is 0 Å². The summed E-state index contributed by atoms with van der Waals surface area (Å²) in [5.74, 6) is 2.22. The van der Waals surface area contributed by atoms with Gasteiger partial charge >= 0.3 is 0 Å². The van der Waals surface area contributed by atoms with E-state index in [4.69, 9.17) is 9.47 Å². The van der Waals surface area contributed by atoms with Gasteiger partial charge in [-0.05, 0) is 30.0 Å². The highest BCUT2D eigenvalue weighted by Crippen LogP contribution is 2.33. The molecule has 1 aromatic rings. The van der Waals surface area contributed by atoms with Crippen molar-refractivity contribution in [3.05, 3.63) is 23.8 Å². The summed E-state index contributed by atoms with van der Waals surface area (Å²) >= 11 is 0. The first-order valence-electron chi connectivity index (χ1n) is 6.74. The minimum absolute atomic E-state index is 0.403. The van der Waals surface area contributed by atoms with E-state index in [1.54, 1.807) is 0 Å². The van der Waals surface area contributed by atoms with Gasteiger partial charge < -0.3 is 14.6 Å². The van der Waals surface area contributed by atoms with E-state index in [1.807, 2.05) is 18.2 Å². The zero-order chi connectivity index (χ0) is 13.0. The van der Waals surface area contributed by atoms with Crippen molar-refractivity contribution in [2.75, 3.05) is 13.2 Å². The van der Waals surface area contributed by atoms with Gasteiger partial charge in [0.1, 0.15) is 13.2 Å². The molecule has 0 radical (unpaired) electrons. The standard InChI is InChI=1S/C15H22O3/c1-11(2)4-3-5-13(16)12-6-7-14-15(10-12)18-9-8-17-14/h6-7,10-11,13,16H,3-5,8-9H2,1-2H3. The van der Waals surface area contributed by atoms with Crippen LogP contribution in [0, 0.1) is 5.92 Å². The number of ether oxygens (including phenoxy) is 2. The molecule has 0 aliphatic carbocycles. The maximum Gasteiger partial charge on any atom is 0.161 e. The van der Waals surface area contributed by atoms with E-state index in [1.165, 1.54) is 0 Å². The Morgan fingerprint density at radius 3 is 2.56 bits per heavy atom. The molecule has 1 unspecified atom stereocenters. The van der Waals surface area contributed by atoms with Crippen molar-refractivity contribution in [1.29, 1.82) is 0 Å². The predicted molar refractivity (Wildman–Crippen MR) is 71.1 cm³/mol. The first-order valence-corrected chi connectivity index (χ1v) is 6.74. The number of rotatable bonds is 5. The van der Waals surface area contributed by atoms with Gasteiger partial charge in [0, 0.05) is 0 Å². The van der Waals surface area contributed by atoms with Crippen molar-refractivity contribution in [2.24, 2.45) is 5.92 Å². The second-order valence-corrected chi connectivity index (χ2v) is 5.24. The predicted octanol–water partition coefficient (Wildman–Crippen LogP) is 3.32. The molecule has 1 atom stereocenters. The molecule has 0 saturated carbocycles. The van der Waals surface area contributed by atoms with E-state index in [-0.39, 0.29) is 0 Å². The second kappa shape index (κ2) is 6.10. The highest BCUT2D eigenvalue weighted by atomic mass is 16.6. The fourth-order valence-corrected chi connectivity index (χ4v) is 2.15. The van der Waals surface area contributed by atoms with Crippen LogP contribution in [0.2, 0.25) is 0 Å². The Labute approximate surface area is 109 Å². The topological polar surface area (TPSA) is 38.7 Å². The van der Waals surface area contributed by atoms with Crippen molar-refractivity contribution < 1.29 is 14.6 Å². The summed E-state index contributed by atoms with van der Waals surface area (Å²) in [5.41, 5.74) is 0.919. The van der Waals surface area contributed by atoms with Gasteiger partial charge in [-0.1, -0.05) is 32.8 Å². The van der Waals surface area contributed by atoms with E-state index < -0.39 is 6.10 Å². The third-order valence-corrected chi connectivity index (χ3v) is 3.21. The SMILES string of the molecule is CC(C)CCCC(O)c1ccc2c(c1)OCCO2. The molecule has 1 aliphatic heterocycles. The Balaban J connectivity index is 1.95. The summed E-state index contributed by atoms with van der Waals surface area (Å²) in [4.78, 5) is 0. The van der Waals surface area contributed by atoms with Gasteiger partial charge in [0.05, 0.1) is 6.10 Å². The van der Waals surface area contributed by atoms with Crippen molar-refractivity contribution in [3.8, 4) is 11.5 Å². The molecule has 1 aliphatic rings. The first-order chi connectivity index (χ1) is 8.66. The van der Waals surface area contributed by atoms with E-state index in [0.717, 1.165) is 36.3 Å². The highest BCUT2D eigenvalue weighted by Gasteiger charge is 2.15. The Morgan fingerprint density at radius 2 is 1.83 bits per heavy atom. The Morgan fingerprint density at radius 1 is 1.11 bits per heavy atom. The Hall–Kier alpha value is -1.22. The zero-order valence-electron chi connectivity index (χ0n) is 11.2. The molecule has 1 aromatic carbocycles. The van der Waals surface area contributed by atoms with Crippen LogP contribution in [0.15, 0.2) is 18.2 Å².